The highest BCUT2D eigenvalue weighted by Gasteiger charge is 2.30. The van der Waals surface area contributed by atoms with Gasteiger partial charge in [-0.1, -0.05) is 401 Å². The average Bonchev–Trinajstić information content (AvgIpc) is 0.929. The first kappa shape index (κ1) is 102. The minimum Gasteiger partial charge on any atom is -0.462 e. The van der Waals surface area contributed by atoms with Crippen molar-refractivity contribution < 1.29 is 80.2 Å². The molecule has 6 atom stereocenters. The second-order valence-electron chi connectivity index (χ2n) is 31.3. The summed E-state index contributed by atoms with van der Waals surface area (Å²) in [6.07, 6.45) is 68.2. The summed E-state index contributed by atoms with van der Waals surface area (Å²) >= 11 is 0. The molecular weight excluding hydrogens is 1350 g/mol. The number of esters is 4. The Bertz CT molecular complexity index is 2000. The van der Waals surface area contributed by atoms with Crippen molar-refractivity contribution in [1.29, 1.82) is 0 Å². The fourth-order valence-electron chi connectivity index (χ4n) is 13.2. The van der Waals surface area contributed by atoms with E-state index in [4.69, 9.17) is 37.0 Å². The van der Waals surface area contributed by atoms with Gasteiger partial charge in [0, 0.05) is 25.7 Å². The molecule has 0 rings (SSSR count). The standard InChI is InChI=1S/C85H166O17P2/c1-7-10-12-14-16-18-20-22-24-26-28-29-30-31-33-35-37-39-43-51-57-63-69-84(89)101-80(73-95-82(87)67-61-55-49-42-38-36-34-32-27-25-23-21-19-17-15-13-11-8-2)75-99-103(91,92)97-71-79(86)72-98-104(93,94)100-76-81(102-85(90)70-64-58-52-44-40-41-47-53-59-65-77(4)5)74-96-83(88)68-62-56-50-46-45-48-54-60-66-78(6)9-3/h77-81,86H,7-76H2,1-6H3,(H,91,92)(H,93,94)/t78?,79-,80-,81-/m1/s1. The molecule has 19 heteroatoms. The topological polar surface area (TPSA) is 237 Å². The molecule has 0 saturated carbocycles. The van der Waals surface area contributed by atoms with Crippen LogP contribution in [0, 0.1) is 11.8 Å². The van der Waals surface area contributed by atoms with Crippen LogP contribution in [0.4, 0.5) is 0 Å². The molecule has 0 spiro atoms. The second kappa shape index (κ2) is 76.4. The Balaban J connectivity index is 5.22. The van der Waals surface area contributed by atoms with Crippen LogP contribution in [-0.4, -0.2) is 96.7 Å². The third kappa shape index (κ3) is 76.8. The number of ether oxygens (including phenoxy) is 4. The van der Waals surface area contributed by atoms with Crippen LogP contribution < -0.4 is 0 Å². The summed E-state index contributed by atoms with van der Waals surface area (Å²) in [5.41, 5.74) is 0. The normalized spacial score (nSPS) is 14.1. The number of carbonyl (C=O) groups is 4. The lowest BCUT2D eigenvalue weighted by molar-refractivity contribution is -0.161. The quantitative estimate of drug-likeness (QED) is 0.0222. The van der Waals surface area contributed by atoms with E-state index in [1.165, 1.54) is 270 Å². The highest BCUT2D eigenvalue weighted by Crippen LogP contribution is 2.45. The van der Waals surface area contributed by atoms with E-state index >= 15 is 0 Å². The number of aliphatic hydroxyl groups excluding tert-OH is 1. The smallest absolute Gasteiger partial charge is 0.462 e. The lowest BCUT2D eigenvalue weighted by atomic mass is 9.99. The number of carbonyl (C=O) groups excluding carboxylic acids is 4. The molecule has 3 unspecified atom stereocenters. The molecule has 0 aliphatic rings. The molecule has 0 bridgehead atoms. The number of hydrogen-bond acceptors (Lipinski definition) is 15. The van der Waals surface area contributed by atoms with Gasteiger partial charge in [-0.05, 0) is 37.5 Å². The van der Waals surface area contributed by atoms with Gasteiger partial charge in [-0.3, -0.25) is 37.3 Å². The Morgan fingerprint density at radius 1 is 0.279 bits per heavy atom. The molecule has 0 aliphatic carbocycles. The summed E-state index contributed by atoms with van der Waals surface area (Å²) in [4.78, 5) is 73.2. The van der Waals surface area contributed by atoms with Crippen LogP contribution in [0.15, 0.2) is 0 Å². The average molecular weight is 1520 g/mol. The van der Waals surface area contributed by atoms with Crippen LogP contribution in [-0.2, 0) is 65.4 Å². The fraction of sp³-hybridized carbons (Fsp3) is 0.953. The Morgan fingerprint density at radius 3 is 0.731 bits per heavy atom. The van der Waals surface area contributed by atoms with Crippen LogP contribution in [0.3, 0.4) is 0 Å². The third-order valence-electron chi connectivity index (χ3n) is 20.3. The number of unbranched alkanes of at least 4 members (excludes halogenated alkanes) is 53. The van der Waals surface area contributed by atoms with Crippen molar-refractivity contribution in [3.05, 3.63) is 0 Å². The number of aliphatic hydroxyl groups is 1. The van der Waals surface area contributed by atoms with Crippen molar-refractivity contribution >= 4 is 39.5 Å². The van der Waals surface area contributed by atoms with Gasteiger partial charge in [0.2, 0.25) is 0 Å². The highest BCUT2D eigenvalue weighted by atomic mass is 31.2. The van der Waals surface area contributed by atoms with Gasteiger partial charge >= 0.3 is 39.5 Å². The SMILES string of the molecule is CCCCCCCCCCCCCCCCCCCCCCCCC(=O)O[C@H](COC(=O)CCCCCCCCCCCCCCCCCCCC)COP(=O)(O)OC[C@@H](O)COP(=O)(O)OC[C@@H](COC(=O)CCCCCCCCCCC(C)CC)OC(=O)CCCCCCCCCCCC(C)C. The molecule has 0 fully saturated rings. The van der Waals surface area contributed by atoms with Crippen molar-refractivity contribution in [2.24, 2.45) is 11.8 Å². The number of phosphoric acid groups is 2. The lowest BCUT2D eigenvalue weighted by Crippen LogP contribution is -2.30. The summed E-state index contributed by atoms with van der Waals surface area (Å²) in [6.45, 7) is 9.63. The van der Waals surface area contributed by atoms with Crippen LogP contribution in [0.5, 0.6) is 0 Å². The van der Waals surface area contributed by atoms with Crippen molar-refractivity contribution in [1.82, 2.24) is 0 Å². The van der Waals surface area contributed by atoms with Gasteiger partial charge in [0.1, 0.15) is 19.3 Å². The predicted molar refractivity (Wildman–Crippen MR) is 428 cm³/mol. The lowest BCUT2D eigenvalue weighted by Gasteiger charge is -2.21. The first-order valence-electron chi connectivity index (χ1n) is 44.0. The van der Waals surface area contributed by atoms with E-state index in [1.807, 2.05) is 0 Å². The molecule has 0 amide bonds. The highest BCUT2D eigenvalue weighted by molar-refractivity contribution is 7.47. The van der Waals surface area contributed by atoms with E-state index < -0.39 is 97.5 Å². The van der Waals surface area contributed by atoms with Gasteiger partial charge < -0.3 is 33.8 Å². The van der Waals surface area contributed by atoms with Gasteiger partial charge in [0.25, 0.3) is 0 Å². The Kier molecular flexibility index (Phi) is 75.0. The molecule has 0 saturated heterocycles. The first-order valence-corrected chi connectivity index (χ1v) is 47.0. The van der Waals surface area contributed by atoms with E-state index in [-0.39, 0.29) is 25.7 Å². The fourth-order valence-corrected chi connectivity index (χ4v) is 14.8. The largest absolute Gasteiger partial charge is 0.472 e. The molecule has 0 heterocycles. The van der Waals surface area contributed by atoms with Crippen LogP contribution in [0.25, 0.3) is 0 Å². The zero-order valence-corrected chi connectivity index (χ0v) is 70.1. The molecule has 0 aromatic heterocycles. The monoisotopic (exact) mass is 1520 g/mol. The zero-order valence-electron chi connectivity index (χ0n) is 68.3. The molecular formula is C85H166O17P2. The molecule has 104 heavy (non-hydrogen) atoms. The van der Waals surface area contributed by atoms with Crippen molar-refractivity contribution in [3.63, 3.8) is 0 Å². The summed E-state index contributed by atoms with van der Waals surface area (Å²) < 4.78 is 68.8. The van der Waals surface area contributed by atoms with Gasteiger partial charge in [-0.25, -0.2) is 9.13 Å². The van der Waals surface area contributed by atoms with Crippen LogP contribution >= 0.6 is 15.6 Å². The van der Waals surface area contributed by atoms with E-state index in [0.29, 0.717) is 25.7 Å². The number of hydrogen-bond donors (Lipinski definition) is 3. The van der Waals surface area contributed by atoms with E-state index in [2.05, 4.69) is 41.5 Å². The molecule has 618 valence electrons. The molecule has 0 aliphatic heterocycles. The minimum absolute atomic E-state index is 0.105. The maximum absolute atomic E-state index is 13.1. The summed E-state index contributed by atoms with van der Waals surface area (Å²) in [5, 5.41) is 10.7. The maximum atomic E-state index is 13.1. The van der Waals surface area contributed by atoms with Gasteiger partial charge in [-0.15, -0.1) is 0 Å². The Hall–Kier alpha value is -1.94. The predicted octanol–water partition coefficient (Wildman–Crippen LogP) is 25.8. The molecule has 0 radical (unpaired) electrons. The van der Waals surface area contributed by atoms with Gasteiger partial charge in [0.05, 0.1) is 26.4 Å². The van der Waals surface area contributed by atoms with E-state index in [0.717, 1.165) is 102 Å². The first-order chi connectivity index (χ1) is 50.4. The summed E-state index contributed by atoms with van der Waals surface area (Å²) in [5.74, 6) is -0.592. The van der Waals surface area contributed by atoms with Crippen LogP contribution in [0.2, 0.25) is 0 Å². The molecule has 0 aromatic rings. The van der Waals surface area contributed by atoms with E-state index in [9.17, 15) is 43.2 Å². The minimum atomic E-state index is -4.97. The molecule has 17 nitrogen and oxygen atoms in total. The zero-order chi connectivity index (χ0) is 76.4. The number of phosphoric ester groups is 2. The summed E-state index contributed by atoms with van der Waals surface area (Å²) in [7, 11) is -9.93. The van der Waals surface area contributed by atoms with Crippen molar-refractivity contribution in [2.45, 2.75) is 471 Å². The van der Waals surface area contributed by atoms with Crippen molar-refractivity contribution in [2.75, 3.05) is 39.6 Å². The number of rotatable bonds is 84. The molecule has 0 aromatic carbocycles. The van der Waals surface area contributed by atoms with Gasteiger partial charge in [0.15, 0.2) is 12.2 Å². The van der Waals surface area contributed by atoms with Gasteiger partial charge in [-0.2, -0.15) is 0 Å². The molecule has 3 N–H and O–H groups in total. The van der Waals surface area contributed by atoms with Crippen molar-refractivity contribution in [3.8, 4) is 0 Å². The maximum Gasteiger partial charge on any atom is 0.472 e. The summed E-state index contributed by atoms with van der Waals surface area (Å²) in [6, 6.07) is 0. The third-order valence-corrected chi connectivity index (χ3v) is 22.2. The van der Waals surface area contributed by atoms with E-state index in [1.54, 1.807) is 0 Å². The second-order valence-corrected chi connectivity index (χ2v) is 34.2. The van der Waals surface area contributed by atoms with Crippen LogP contribution in [0.1, 0.15) is 452 Å². The Labute approximate surface area is 638 Å². The Morgan fingerprint density at radius 2 is 0.490 bits per heavy atom.